The van der Waals surface area contributed by atoms with Gasteiger partial charge in [-0.2, -0.15) is 14.9 Å². The third kappa shape index (κ3) is 5.34. The van der Waals surface area contributed by atoms with E-state index in [0.29, 0.717) is 22.6 Å². The fourth-order valence-electron chi connectivity index (χ4n) is 3.03. The fraction of sp³-hybridized carbons (Fsp3) is 0.286. The van der Waals surface area contributed by atoms with Crippen LogP contribution in [0.4, 0.5) is 5.69 Å². The number of methoxy groups -OCH3 is 1. The number of benzene rings is 2. The van der Waals surface area contributed by atoms with Crippen molar-refractivity contribution in [2.75, 3.05) is 7.11 Å². The van der Waals surface area contributed by atoms with Crippen molar-refractivity contribution >= 4 is 24.1 Å². The molecule has 0 bridgehead atoms. The van der Waals surface area contributed by atoms with E-state index < -0.39 is 4.92 Å². The number of nitrogens with zero attached hydrogens (tertiary/aromatic N) is 4. The number of rotatable bonds is 9. The maximum atomic E-state index is 11.7. The first-order valence-electron chi connectivity index (χ1n) is 9.68. The summed E-state index contributed by atoms with van der Waals surface area (Å²) in [5, 5.41) is 22.9. The summed E-state index contributed by atoms with van der Waals surface area (Å²) in [5.41, 5.74) is 2.24. The van der Waals surface area contributed by atoms with E-state index in [2.05, 4.69) is 15.3 Å². The standard InChI is InChI=1S/C21H23N5O4S/c1-4-6-19-23-24-21(31)25(19)22-12-16-10-17(26(27)28)20(18(11-16)29-3)30-13-15-8-5-7-14(2)9-15/h5,7-12H,4,6,13H2,1-3H3,(H,24,31)/b22-12-. The Kier molecular flexibility index (Phi) is 7.14. The van der Waals surface area contributed by atoms with Crippen LogP contribution in [-0.4, -0.2) is 33.1 Å². The quantitative estimate of drug-likeness (QED) is 0.225. The Hall–Kier alpha value is -3.53. The molecule has 0 spiro atoms. The lowest BCUT2D eigenvalue weighted by atomic mass is 10.1. The van der Waals surface area contributed by atoms with Gasteiger partial charge in [0.2, 0.25) is 10.5 Å². The highest BCUT2D eigenvalue weighted by Gasteiger charge is 2.22. The van der Waals surface area contributed by atoms with Crippen LogP contribution in [0, 0.1) is 21.8 Å². The van der Waals surface area contributed by atoms with Crippen molar-refractivity contribution < 1.29 is 14.4 Å². The van der Waals surface area contributed by atoms with Gasteiger partial charge in [0.05, 0.1) is 18.2 Å². The lowest BCUT2D eigenvalue weighted by Crippen LogP contribution is -2.03. The lowest BCUT2D eigenvalue weighted by molar-refractivity contribution is -0.386. The second kappa shape index (κ2) is 9.98. The molecule has 1 N–H and O–H groups in total. The Labute approximate surface area is 184 Å². The number of ether oxygens (including phenoxy) is 2. The SMILES string of the molecule is CCCc1n[nH]c(=S)n1/N=C\c1cc(OC)c(OCc2cccc(C)c2)c([N+](=O)[O-])c1. The van der Waals surface area contributed by atoms with Gasteiger partial charge in [-0.05, 0) is 37.2 Å². The molecule has 0 aliphatic heterocycles. The topological polar surface area (TPSA) is 108 Å². The smallest absolute Gasteiger partial charge is 0.315 e. The van der Waals surface area contributed by atoms with Crippen molar-refractivity contribution in [3.05, 3.63) is 73.8 Å². The molecule has 0 amide bonds. The molecule has 162 valence electrons. The second-order valence-electron chi connectivity index (χ2n) is 6.86. The third-order valence-electron chi connectivity index (χ3n) is 4.45. The zero-order valence-corrected chi connectivity index (χ0v) is 18.3. The maximum absolute atomic E-state index is 11.7. The summed E-state index contributed by atoms with van der Waals surface area (Å²) in [4.78, 5) is 11.2. The molecule has 3 aromatic rings. The first-order valence-corrected chi connectivity index (χ1v) is 10.1. The molecule has 2 aromatic carbocycles. The van der Waals surface area contributed by atoms with Crippen molar-refractivity contribution in [3.8, 4) is 11.5 Å². The van der Waals surface area contributed by atoms with Crippen LogP contribution in [0.5, 0.6) is 11.5 Å². The molecule has 0 fully saturated rings. The zero-order chi connectivity index (χ0) is 22.4. The summed E-state index contributed by atoms with van der Waals surface area (Å²) in [6.07, 6.45) is 3.05. The normalized spacial score (nSPS) is 11.1. The largest absolute Gasteiger partial charge is 0.493 e. The lowest BCUT2D eigenvalue weighted by Gasteiger charge is -2.12. The van der Waals surface area contributed by atoms with Crippen LogP contribution in [0.3, 0.4) is 0 Å². The number of hydrogen-bond donors (Lipinski definition) is 1. The van der Waals surface area contributed by atoms with Crippen molar-refractivity contribution in [1.82, 2.24) is 14.9 Å². The summed E-state index contributed by atoms with van der Waals surface area (Å²) < 4.78 is 13.0. The molecule has 0 saturated heterocycles. The van der Waals surface area contributed by atoms with Gasteiger partial charge in [-0.3, -0.25) is 15.2 Å². The summed E-state index contributed by atoms with van der Waals surface area (Å²) >= 11 is 5.21. The molecule has 31 heavy (non-hydrogen) atoms. The van der Waals surface area contributed by atoms with Crippen molar-refractivity contribution in [2.45, 2.75) is 33.3 Å². The molecule has 10 heteroatoms. The van der Waals surface area contributed by atoms with Crippen LogP contribution in [0.15, 0.2) is 41.5 Å². The van der Waals surface area contributed by atoms with Gasteiger partial charge < -0.3 is 9.47 Å². The molecular formula is C21H23N5O4S. The van der Waals surface area contributed by atoms with Gasteiger partial charge in [0.25, 0.3) is 0 Å². The van der Waals surface area contributed by atoms with Crippen LogP contribution < -0.4 is 9.47 Å². The van der Waals surface area contributed by atoms with Crippen molar-refractivity contribution in [1.29, 1.82) is 0 Å². The minimum atomic E-state index is -0.503. The van der Waals surface area contributed by atoms with Crippen LogP contribution in [0.25, 0.3) is 0 Å². The van der Waals surface area contributed by atoms with Gasteiger partial charge in [0.15, 0.2) is 11.6 Å². The predicted molar refractivity (Wildman–Crippen MR) is 120 cm³/mol. The summed E-state index contributed by atoms with van der Waals surface area (Å²) in [7, 11) is 1.44. The Morgan fingerprint density at radius 1 is 1.35 bits per heavy atom. The van der Waals surface area contributed by atoms with E-state index in [9.17, 15) is 10.1 Å². The highest BCUT2D eigenvalue weighted by atomic mass is 32.1. The van der Waals surface area contributed by atoms with Gasteiger partial charge in [-0.1, -0.05) is 36.8 Å². The molecule has 1 aromatic heterocycles. The Bertz CT molecular complexity index is 1170. The van der Waals surface area contributed by atoms with E-state index in [1.54, 1.807) is 6.07 Å². The highest BCUT2D eigenvalue weighted by molar-refractivity contribution is 7.71. The number of aromatic amines is 1. The van der Waals surface area contributed by atoms with Crippen molar-refractivity contribution in [2.24, 2.45) is 5.10 Å². The van der Waals surface area contributed by atoms with Crippen LogP contribution in [0.1, 0.15) is 35.9 Å². The second-order valence-corrected chi connectivity index (χ2v) is 7.24. The van der Waals surface area contributed by atoms with Gasteiger partial charge in [-0.25, -0.2) is 0 Å². The molecule has 0 unspecified atom stereocenters. The summed E-state index contributed by atoms with van der Waals surface area (Å²) in [5.74, 6) is 0.994. The molecule has 0 radical (unpaired) electrons. The molecule has 1 heterocycles. The number of nitro benzene ring substituents is 1. The minimum Gasteiger partial charge on any atom is -0.493 e. The summed E-state index contributed by atoms with van der Waals surface area (Å²) in [6.45, 7) is 4.17. The van der Waals surface area contributed by atoms with Crippen LogP contribution in [-0.2, 0) is 13.0 Å². The van der Waals surface area contributed by atoms with Gasteiger partial charge in [-0.15, -0.1) is 0 Å². The molecule has 3 rings (SSSR count). The van der Waals surface area contributed by atoms with Crippen LogP contribution >= 0.6 is 12.2 Å². The number of nitrogens with one attached hydrogen (secondary N) is 1. The Balaban J connectivity index is 1.93. The van der Waals surface area contributed by atoms with E-state index in [0.717, 1.165) is 17.5 Å². The average molecular weight is 442 g/mol. The average Bonchev–Trinajstić information content (AvgIpc) is 3.10. The number of H-pyrrole nitrogens is 1. The Morgan fingerprint density at radius 2 is 2.16 bits per heavy atom. The van der Waals surface area contributed by atoms with Gasteiger partial charge in [0, 0.05) is 18.1 Å². The van der Waals surface area contributed by atoms with Crippen LogP contribution in [0.2, 0.25) is 0 Å². The highest BCUT2D eigenvalue weighted by Crippen LogP contribution is 2.38. The van der Waals surface area contributed by atoms with Gasteiger partial charge >= 0.3 is 5.69 Å². The molecule has 0 aliphatic carbocycles. The van der Waals surface area contributed by atoms with E-state index in [4.69, 9.17) is 21.7 Å². The van der Waals surface area contributed by atoms with E-state index in [1.165, 1.54) is 24.1 Å². The minimum absolute atomic E-state index is 0.0674. The first-order chi connectivity index (χ1) is 14.9. The predicted octanol–water partition coefficient (Wildman–Crippen LogP) is 4.58. The Morgan fingerprint density at radius 3 is 2.84 bits per heavy atom. The molecule has 0 aliphatic rings. The number of hydrogen-bond acceptors (Lipinski definition) is 7. The zero-order valence-electron chi connectivity index (χ0n) is 17.5. The van der Waals surface area contributed by atoms with E-state index >= 15 is 0 Å². The number of aromatic nitrogens is 3. The molecule has 0 atom stereocenters. The molecular weight excluding hydrogens is 418 g/mol. The number of aryl methyl sites for hydroxylation is 2. The summed E-state index contributed by atoms with van der Waals surface area (Å²) in [6, 6.07) is 10.8. The monoisotopic (exact) mass is 441 g/mol. The molecule has 0 saturated carbocycles. The maximum Gasteiger partial charge on any atom is 0.315 e. The van der Waals surface area contributed by atoms with E-state index in [-0.39, 0.29) is 23.8 Å². The number of nitro groups is 1. The fourth-order valence-corrected chi connectivity index (χ4v) is 3.22. The first kappa shape index (κ1) is 22.2. The third-order valence-corrected chi connectivity index (χ3v) is 4.72. The van der Waals surface area contributed by atoms with Gasteiger partial charge in [0.1, 0.15) is 6.61 Å². The van der Waals surface area contributed by atoms with E-state index in [1.807, 2.05) is 38.1 Å². The molecule has 9 nitrogen and oxygen atoms in total. The van der Waals surface area contributed by atoms with Crippen molar-refractivity contribution in [3.63, 3.8) is 0 Å².